The van der Waals surface area contributed by atoms with Gasteiger partial charge in [-0.2, -0.15) is 0 Å². The number of hydrogen-bond acceptors (Lipinski definition) is 4. The van der Waals surface area contributed by atoms with Crippen LogP contribution in [0.3, 0.4) is 0 Å². The lowest BCUT2D eigenvalue weighted by Crippen LogP contribution is -2.37. The first-order valence-corrected chi connectivity index (χ1v) is 14.8. The number of aryl methyl sites for hydroxylation is 1. The molecule has 0 radical (unpaired) electrons. The number of nitrogens with one attached hydrogen (secondary N) is 1. The monoisotopic (exact) mass is 541 g/mol. The fourth-order valence-corrected chi connectivity index (χ4v) is 7.16. The lowest BCUT2D eigenvalue weighted by Gasteiger charge is -2.43. The van der Waals surface area contributed by atoms with E-state index in [1.54, 1.807) is 0 Å². The molecule has 0 saturated carbocycles. The molecule has 0 aromatic heterocycles. The van der Waals surface area contributed by atoms with E-state index in [9.17, 15) is 4.79 Å². The van der Waals surface area contributed by atoms with Gasteiger partial charge in [0.1, 0.15) is 0 Å². The first-order chi connectivity index (χ1) is 19.6. The second kappa shape index (κ2) is 10.5. The zero-order valence-electron chi connectivity index (χ0n) is 22.5. The molecule has 4 aromatic carbocycles. The molecule has 4 nitrogen and oxygen atoms in total. The van der Waals surface area contributed by atoms with E-state index in [1.165, 1.54) is 45.3 Å². The molecular formula is C35H31N3OS. The first-order valence-electron chi connectivity index (χ1n) is 14.0. The molecule has 3 aliphatic rings. The van der Waals surface area contributed by atoms with Crippen LogP contribution in [-0.4, -0.2) is 24.2 Å². The predicted molar refractivity (Wildman–Crippen MR) is 166 cm³/mol. The number of nitrogens with zero attached hydrogens (tertiary/aromatic N) is 2. The van der Waals surface area contributed by atoms with Crippen molar-refractivity contribution in [1.29, 1.82) is 0 Å². The fraction of sp³-hybridized carbons (Fsp3) is 0.200. The Bertz CT molecular complexity index is 1550. The number of anilines is 1. The molecule has 3 aliphatic heterocycles. The Kier molecular flexibility index (Phi) is 6.52. The summed E-state index contributed by atoms with van der Waals surface area (Å²) in [6.07, 6.45) is 4.11. The third-order valence-electron chi connectivity index (χ3n) is 8.26. The normalized spacial score (nSPS) is 21.9. The summed E-state index contributed by atoms with van der Waals surface area (Å²) >= 11 is 1.41. The van der Waals surface area contributed by atoms with E-state index in [4.69, 9.17) is 4.99 Å². The third-order valence-corrected chi connectivity index (χ3v) is 9.17. The van der Waals surface area contributed by atoms with Crippen LogP contribution in [0, 0.1) is 6.92 Å². The van der Waals surface area contributed by atoms with Crippen molar-refractivity contribution in [2.24, 2.45) is 4.99 Å². The van der Waals surface area contributed by atoms with Crippen LogP contribution < -0.4 is 10.2 Å². The van der Waals surface area contributed by atoms with Gasteiger partial charge in [-0.05, 0) is 77.6 Å². The zero-order valence-corrected chi connectivity index (χ0v) is 23.3. The van der Waals surface area contributed by atoms with Gasteiger partial charge in [0.05, 0.1) is 10.6 Å². The molecule has 0 spiro atoms. The van der Waals surface area contributed by atoms with Gasteiger partial charge in [-0.3, -0.25) is 4.79 Å². The van der Waals surface area contributed by atoms with Crippen LogP contribution in [0.5, 0.6) is 0 Å². The van der Waals surface area contributed by atoms with Crippen LogP contribution >= 0.6 is 11.8 Å². The molecule has 0 unspecified atom stereocenters. The summed E-state index contributed by atoms with van der Waals surface area (Å²) < 4.78 is 0. The molecule has 0 bridgehead atoms. The van der Waals surface area contributed by atoms with E-state index in [2.05, 4.69) is 102 Å². The quantitative estimate of drug-likeness (QED) is 0.269. The summed E-state index contributed by atoms with van der Waals surface area (Å²) in [7, 11) is 0. The minimum absolute atomic E-state index is 0.0980. The van der Waals surface area contributed by atoms with E-state index in [0.717, 1.165) is 37.2 Å². The Labute approximate surface area is 239 Å². The minimum Gasteiger partial charge on any atom is -0.371 e. The molecule has 1 fully saturated rings. The molecule has 3 heterocycles. The van der Waals surface area contributed by atoms with Crippen molar-refractivity contribution < 1.29 is 4.79 Å². The SMILES string of the molecule is Cc1ccc(/C=C2\SC(=Nc3cc4c5c(c3)[C@@H](c3ccccc3)CCN5CC[C@@H]4c3ccccc3)NC2=O)cc1. The van der Waals surface area contributed by atoms with Crippen LogP contribution in [0.4, 0.5) is 11.4 Å². The summed E-state index contributed by atoms with van der Waals surface area (Å²) in [6, 6.07) is 34.4. The maximum absolute atomic E-state index is 12.8. The standard InChI is InChI=1S/C35H31N3OS/c1-23-12-14-24(15-13-23)20-32-34(39)37-35(40-32)36-27-21-30-28(25-8-4-2-5-9-25)16-18-38-19-17-29(31(22-27)33(30)38)26-10-6-3-7-11-26/h2-15,20-22,28-29H,16-19H2,1H3,(H,36,37,39)/b32-20-/t28-,29-/m1/s1. The van der Waals surface area contributed by atoms with E-state index in [0.29, 0.717) is 21.9 Å². The predicted octanol–water partition coefficient (Wildman–Crippen LogP) is 7.76. The van der Waals surface area contributed by atoms with E-state index in [-0.39, 0.29) is 5.91 Å². The van der Waals surface area contributed by atoms with Gasteiger partial charge < -0.3 is 10.2 Å². The topological polar surface area (TPSA) is 44.7 Å². The number of benzene rings is 4. The van der Waals surface area contributed by atoms with Crippen LogP contribution in [0.25, 0.3) is 6.08 Å². The van der Waals surface area contributed by atoms with Crippen molar-refractivity contribution in [2.75, 3.05) is 18.0 Å². The van der Waals surface area contributed by atoms with Gasteiger partial charge in [0.25, 0.3) is 5.91 Å². The highest BCUT2D eigenvalue weighted by atomic mass is 32.2. The molecule has 1 saturated heterocycles. The fourth-order valence-electron chi connectivity index (χ4n) is 6.32. The molecule has 7 rings (SSSR count). The average Bonchev–Trinajstić information content (AvgIpc) is 3.33. The van der Waals surface area contributed by atoms with Crippen molar-refractivity contribution >= 4 is 40.3 Å². The van der Waals surface area contributed by atoms with Crippen LogP contribution in [-0.2, 0) is 4.79 Å². The summed E-state index contributed by atoms with van der Waals surface area (Å²) in [4.78, 5) is 21.1. The van der Waals surface area contributed by atoms with Crippen molar-refractivity contribution in [3.8, 4) is 0 Å². The molecule has 0 aliphatic carbocycles. The number of amidine groups is 1. The number of hydrogen-bond donors (Lipinski definition) is 1. The van der Waals surface area contributed by atoms with Gasteiger partial charge >= 0.3 is 0 Å². The third kappa shape index (κ3) is 4.75. The van der Waals surface area contributed by atoms with Gasteiger partial charge in [0.2, 0.25) is 0 Å². The minimum atomic E-state index is -0.0980. The first kappa shape index (κ1) is 24.9. The molecule has 1 amide bonds. The van der Waals surface area contributed by atoms with Gasteiger partial charge in [0, 0.05) is 30.6 Å². The van der Waals surface area contributed by atoms with Crippen molar-refractivity contribution in [3.63, 3.8) is 0 Å². The van der Waals surface area contributed by atoms with Gasteiger partial charge in [0.15, 0.2) is 5.17 Å². The molecular weight excluding hydrogens is 510 g/mol. The highest BCUT2D eigenvalue weighted by molar-refractivity contribution is 8.18. The van der Waals surface area contributed by atoms with Gasteiger partial charge in [-0.1, -0.05) is 90.5 Å². The Morgan fingerprint density at radius 1 is 0.825 bits per heavy atom. The van der Waals surface area contributed by atoms with E-state index < -0.39 is 0 Å². The Morgan fingerprint density at radius 2 is 1.40 bits per heavy atom. The van der Waals surface area contributed by atoms with Crippen LogP contribution in [0.2, 0.25) is 0 Å². The highest BCUT2D eigenvalue weighted by Crippen LogP contribution is 2.50. The summed E-state index contributed by atoms with van der Waals surface area (Å²) in [5.74, 6) is 0.548. The van der Waals surface area contributed by atoms with Crippen molar-refractivity contribution in [1.82, 2.24) is 5.32 Å². The second-order valence-electron chi connectivity index (χ2n) is 10.9. The lowest BCUT2D eigenvalue weighted by atomic mass is 9.76. The second-order valence-corrected chi connectivity index (χ2v) is 11.9. The molecule has 1 N–H and O–H groups in total. The van der Waals surface area contributed by atoms with Gasteiger partial charge in [-0.25, -0.2) is 4.99 Å². The number of carbonyl (C=O) groups excluding carboxylic acids is 1. The highest BCUT2D eigenvalue weighted by Gasteiger charge is 2.35. The maximum Gasteiger partial charge on any atom is 0.264 e. The average molecular weight is 542 g/mol. The zero-order chi connectivity index (χ0) is 27.1. The maximum atomic E-state index is 12.8. The lowest BCUT2D eigenvalue weighted by molar-refractivity contribution is -0.115. The smallest absolute Gasteiger partial charge is 0.264 e. The van der Waals surface area contributed by atoms with Crippen molar-refractivity contribution in [3.05, 3.63) is 135 Å². The Morgan fingerprint density at radius 3 is 1.98 bits per heavy atom. The van der Waals surface area contributed by atoms with Crippen molar-refractivity contribution in [2.45, 2.75) is 31.6 Å². The molecule has 5 heteroatoms. The largest absolute Gasteiger partial charge is 0.371 e. The van der Waals surface area contributed by atoms with E-state index in [1.807, 2.05) is 18.2 Å². The summed E-state index contributed by atoms with van der Waals surface area (Å²) in [5.41, 5.74) is 9.89. The molecule has 4 aromatic rings. The van der Waals surface area contributed by atoms with E-state index >= 15 is 0 Å². The van der Waals surface area contributed by atoms with Crippen LogP contribution in [0.1, 0.15) is 58.1 Å². The summed E-state index contributed by atoms with van der Waals surface area (Å²) in [5, 5.41) is 3.64. The van der Waals surface area contributed by atoms with Gasteiger partial charge in [-0.15, -0.1) is 0 Å². The Balaban J connectivity index is 1.31. The molecule has 2 atom stereocenters. The number of carbonyl (C=O) groups is 1. The number of thioether (sulfide) groups is 1. The summed E-state index contributed by atoms with van der Waals surface area (Å²) in [6.45, 7) is 4.19. The van der Waals surface area contributed by atoms with Crippen LogP contribution in [0.15, 0.2) is 107 Å². The number of rotatable bonds is 4. The molecule has 40 heavy (non-hydrogen) atoms. The number of amides is 1. The number of aliphatic imine (C=N–C) groups is 1. The Hall–Kier alpha value is -4.09. The molecule has 198 valence electrons.